The largest absolute Gasteiger partial charge is 0.485 e. The van der Waals surface area contributed by atoms with Crippen LogP contribution in [0.25, 0.3) is 10.9 Å². The van der Waals surface area contributed by atoms with Crippen LogP contribution in [0.1, 0.15) is 24.1 Å². The van der Waals surface area contributed by atoms with Crippen molar-refractivity contribution >= 4 is 40.0 Å². The van der Waals surface area contributed by atoms with Gasteiger partial charge in [-0.2, -0.15) is 0 Å². The van der Waals surface area contributed by atoms with Crippen molar-refractivity contribution in [3.8, 4) is 5.75 Å². The Morgan fingerprint density at radius 3 is 2.83 bits per heavy atom. The Bertz CT molecular complexity index is 798. The first-order valence-corrected chi connectivity index (χ1v) is 8.36. The van der Waals surface area contributed by atoms with Crippen LogP contribution in [-0.2, 0) is 16.0 Å². The van der Waals surface area contributed by atoms with Gasteiger partial charge in [-0.05, 0) is 12.5 Å². The van der Waals surface area contributed by atoms with Gasteiger partial charge in [0.25, 0.3) is 0 Å². The van der Waals surface area contributed by atoms with Gasteiger partial charge >= 0.3 is 0 Å². The minimum absolute atomic E-state index is 0.00801. The fraction of sp³-hybridized carbons (Fsp3) is 0.438. The van der Waals surface area contributed by atoms with E-state index in [1.807, 2.05) is 6.92 Å². The van der Waals surface area contributed by atoms with Gasteiger partial charge < -0.3 is 19.8 Å². The van der Waals surface area contributed by atoms with Crippen LogP contribution in [0.5, 0.6) is 5.75 Å². The van der Waals surface area contributed by atoms with E-state index in [0.29, 0.717) is 35.6 Å². The third-order valence-corrected chi connectivity index (χ3v) is 5.24. The molecule has 0 bridgehead atoms. The van der Waals surface area contributed by atoms with Crippen molar-refractivity contribution < 1.29 is 14.3 Å². The second kappa shape index (κ2) is 5.58. The lowest BCUT2D eigenvalue weighted by molar-refractivity contribution is -0.121. The van der Waals surface area contributed by atoms with Crippen LogP contribution >= 0.6 is 23.2 Å². The summed E-state index contributed by atoms with van der Waals surface area (Å²) in [5.74, 6) is 0.383. The minimum atomic E-state index is -0.279. The summed E-state index contributed by atoms with van der Waals surface area (Å²) in [5.41, 5.74) is 2.69. The third-order valence-electron chi connectivity index (χ3n) is 4.46. The summed E-state index contributed by atoms with van der Waals surface area (Å²) in [6, 6.07) is 1.73. The normalized spacial score (nSPS) is 21.5. The van der Waals surface area contributed by atoms with Gasteiger partial charge in [0.05, 0.1) is 34.7 Å². The molecule has 0 saturated carbocycles. The second-order valence-electron chi connectivity index (χ2n) is 5.98. The molecule has 0 spiro atoms. The number of carbonyl (C=O) groups is 1. The summed E-state index contributed by atoms with van der Waals surface area (Å²) < 4.78 is 11.2. The number of hydrogen-bond acceptors (Lipinski definition) is 3. The summed E-state index contributed by atoms with van der Waals surface area (Å²) in [6.45, 7) is 3.61. The van der Waals surface area contributed by atoms with Crippen LogP contribution in [0.2, 0.25) is 10.0 Å². The molecule has 2 aliphatic rings. The van der Waals surface area contributed by atoms with E-state index in [9.17, 15) is 4.79 Å². The predicted octanol–water partition coefficient (Wildman–Crippen LogP) is 3.03. The van der Waals surface area contributed by atoms with E-state index in [-0.39, 0.29) is 17.9 Å². The van der Waals surface area contributed by atoms with Crippen LogP contribution < -0.4 is 10.1 Å². The van der Waals surface area contributed by atoms with Crippen molar-refractivity contribution in [3.05, 3.63) is 27.4 Å². The Labute approximate surface area is 143 Å². The highest BCUT2D eigenvalue weighted by Crippen LogP contribution is 2.43. The molecule has 0 unspecified atom stereocenters. The van der Waals surface area contributed by atoms with Crippen molar-refractivity contribution in [1.82, 2.24) is 10.3 Å². The van der Waals surface area contributed by atoms with E-state index >= 15 is 0 Å². The lowest BCUT2D eigenvalue weighted by Crippen LogP contribution is -2.38. The highest BCUT2D eigenvalue weighted by molar-refractivity contribution is 6.45. The topological polar surface area (TPSA) is 63.4 Å². The Morgan fingerprint density at radius 2 is 2.13 bits per heavy atom. The lowest BCUT2D eigenvalue weighted by atomic mass is 9.96. The SMILES string of the molecule is C[C@@H]1C(=O)NCCc2[nH]c3c(Cl)c(Cl)cc(OC4COC4)c3c21. The fourth-order valence-electron chi connectivity index (χ4n) is 3.18. The van der Waals surface area contributed by atoms with Crippen LogP contribution in [0.4, 0.5) is 0 Å². The molecule has 2 aromatic rings. The smallest absolute Gasteiger partial charge is 0.227 e. The molecule has 3 heterocycles. The first-order valence-electron chi connectivity index (χ1n) is 7.60. The zero-order valence-electron chi connectivity index (χ0n) is 12.5. The fourth-order valence-corrected chi connectivity index (χ4v) is 3.57. The third kappa shape index (κ3) is 2.38. The number of aromatic nitrogens is 1. The number of aromatic amines is 1. The predicted molar refractivity (Wildman–Crippen MR) is 88.7 cm³/mol. The molecule has 7 heteroatoms. The molecular formula is C16H16Cl2N2O3. The molecular weight excluding hydrogens is 339 g/mol. The van der Waals surface area contributed by atoms with Crippen LogP contribution in [0.3, 0.4) is 0 Å². The van der Waals surface area contributed by atoms with Gasteiger partial charge in [0.15, 0.2) is 0 Å². The molecule has 1 fully saturated rings. The van der Waals surface area contributed by atoms with Crippen molar-refractivity contribution in [1.29, 1.82) is 0 Å². The van der Waals surface area contributed by atoms with Gasteiger partial charge in [-0.15, -0.1) is 0 Å². The molecule has 2 N–H and O–H groups in total. The number of fused-ring (bicyclic) bond motifs is 3. The Hall–Kier alpha value is -1.43. The van der Waals surface area contributed by atoms with Gasteiger partial charge in [-0.3, -0.25) is 4.79 Å². The lowest BCUT2D eigenvalue weighted by Gasteiger charge is -2.27. The summed E-state index contributed by atoms with van der Waals surface area (Å²) in [6.07, 6.45) is 0.732. The van der Waals surface area contributed by atoms with Crippen LogP contribution in [0, 0.1) is 0 Å². The zero-order chi connectivity index (χ0) is 16.1. The summed E-state index contributed by atoms with van der Waals surface area (Å²) in [4.78, 5) is 15.6. The minimum Gasteiger partial charge on any atom is -0.485 e. The van der Waals surface area contributed by atoms with Gasteiger partial charge in [0.2, 0.25) is 5.91 Å². The Morgan fingerprint density at radius 1 is 1.35 bits per heavy atom. The number of carbonyl (C=O) groups excluding carboxylic acids is 1. The number of halogens is 2. The molecule has 122 valence electrons. The van der Waals surface area contributed by atoms with Crippen molar-refractivity contribution in [3.63, 3.8) is 0 Å². The first kappa shape index (κ1) is 15.1. The van der Waals surface area contributed by atoms with E-state index in [0.717, 1.165) is 28.6 Å². The maximum absolute atomic E-state index is 12.2. The maximum atomic E-state index is 12.2. The van der Waals surface area contributed by atoms with E-state index in [2.05, 4.69) is 10.3 Å². The average Bonchev–Trinajstić information content (AvgIpc) is 2.80. The molecule has 23 heavy (non-hydrogen) atoms. The van der Waals surface area contributed by atoms with Gasteiger partial charge in [0, 0.05) is 30.1 Å². The van der Waals surface area contributed by atoms with Crippen LogP contribution in [-0.4, -0.2) is 36.8 Å². The molecule has 1 aromatic carbocycles. The number of rotatable bonds is 2. The van der Waals surface area contributed by atoms with Crippen molar-refractivity contribution in [2.75, 3.05) is 19.8 Å². The van der Waals surface area contributed by atoms with Gasteiger partial charge in [-0.1, -0.05) is 23.2 Å². The Kier molecular flexibility index (Phi) is 3.67. The zero-order valence-corrected chi connectivity index (χ0v) is 14.1. The number of ether oxygens (including phenoxy) is 2. The molecule has 5 nitrogen and oxygen atoms in total. The number of hydrogen-bond donors (Lipinski definition) is 2. The van der Waals surface area contributed by atoms with E-state index in [4.69, 9.17) is 32.7 Å². The molecule has 4 rings (SSSR count). The number of nitrogens with one attached hydrogen (secondary N) is 2. The molecule has 0 radical (unpaired) electrons. The van der Waals surface area contributed by atoms with Gasteiger partial charge in [0.1, 0.15) is 11.9 Å². The molecule has 1 atom stereocenters. The maximum Gasteiger partial charge on any atom is 0.227 e. The molecule has 0 aliphatic carbocycles. The number of benzene rings is 1. The van der Waals surface area contributed by atoms with Crippen molar-refractivity contribution in [2.45, 2.75) is 25.4 Å². The summed E-state index contributed by atoms with van der Waals surface area (Å²) >= 11 is 12.6. The standard InChI is InChI=1S/C16H16Cl2N2O3/c1-7-12-10(2-3-19-16(7)21)20-15-13(12)11(4-9(17)14(15)18)23-8-5-22-6-8/h4,7-8,20H,2-3,5-6H2,1H3,(H,19,21)/t7-/m0/s1. The van der Waals surface area contributed by atoms with Crippen molar-refractivity contribution in [2.24, 2.45) is 0 Å². The molecule has 2 aliphatic heterocycles. The van der Waals surface area contributed by atoms with E-state index in [1.54, 1.807) is 6.07 Å². The Balaban J connectivity index is 1.95. The summed E-state index contributed by atoms with van der Waals surface area (Å²) in [7, 11) is 0. The quantitative estimate of drug-likeness (QED) is 0.871. The van der Waals surface area contributed by atoms with E-state index in [1.165, 1.54) is 0 Å². The average molecular weight is 355 g/mol. The highest BCUT2D eigenvalue weighted by Gasteiger charge is 2.30. The molecule has 1 aromatic heterocycles. The number of amides is 1. The highest BCUT2D eigenvalue weighted by atomic mass is 35.5. The molecule has 1 amide bonds. The second-order valence-corrected chi connectivity index (χ2v) is 6.76. The molecule has 1 saturated heterocycles. The summed E-state index contributed by atoms with van der Waals surface area (Å²) in [5, 5.41) is 4.67. The van der Waals surface area contributed by atoms with Crippen LogP contribution in [0.15, 0.2) is 6.07 Å². The van der Waals surface area contributed by atoms with E-state index < -0.39 is 0 Å². The first-order chi connectivity index (χ1) is 11.1. The monoisotopic (exact) mass is 354 g/mol. The number of H-pyrrole nitrogens is 1. The van der Waals surface area contributed by atoms with Gasteiger partial charge in [-0.25, -0.2) is 0 Å².